The van der Waals surface area contributed by atoms with Crippen LogP contribution >= 0.6 is 0 Å². The van der Waals surface area contributed by atoms with Gasteiger partial charge in [0.25, 0.3) is 0 Å². The Balaban J connectivity index is 2.39. The van der Waals surface area contributed by atoms with Gasteiger partial charge >= 0.3 is 5.97 Å². The summed E-state index contributed by atoms with van der Waals surface area (Å²) in [6.07, 6.45) is 5.27. The van der Waals surface area contributed by atoms with Crippen molar-refractivity contribution in [3.05, 3.63) is 0 Å². The first-order valence-corrected chi connectivity index (χ1v) is 5.63. The van der Waals surface area contributed by atoms with Crippen molar-refractivity contribution in [2.45, 2.75) is 38.5 Å². The van der Waals surface area contributed by atoms with Gasteiger partial charge in [-0.25, -0.2) is 0 Å². The van der Waals surface area contributed by atoms with Crippen LogP contribution in [0.15, 0.2) is 0 Å². The summed E-state index contributed by atoms with van der Waals surface area (Å²) in [6.45, 7) is 0.739. The maximum atomic E-state index is 11.2. The van der Waals surface area contributed by atoms with Gasteiger partial charge in [-0.3, -0.25) is 4.79 Å². The zero-order chi connectivity index (χ0) is 11.1. The molecule has 0 radical (unpaired) electrons. The topological polar surface area (TPSA) is 66.8 Å². The molecule has 0 spiro atoms. The van der Waals surface area contributed by atoms with Crippen LogP contribution in [0, 0.1) is 5.41 Å². The molecule has 1 fully saturated rings. The molecule has 0 unspecified atom stereocenters. The third-order valence-electron chi connectivity index (χ3n) is 3.22. The standard InChI is InChI=1S/C11H20O4/c12-7-9-15-8-6-11(10(13)14)4-2-1-3-5-11/h12H,1-9H2,(H,13,14). The predicted octanol–water partition coefficient (Wildman–Crippen LogP) is 1.42. The highest BCUT2D eigenvalue weighted by atomic mass is 16.5. The molecule has 0 aromatic rings. The van der Waals surface area contributed by atoms with Crippen molar-refractivity contribution in [3.63, 3.8) is 0 Å². The molecule has 1 aliphatic carbocycles. The maximum absolute atomic E-state index is 11.2. The molecular weight excluding hydrogens is 196 g/mol. The summed E-state index contributed by atoms with van der Waals surface area (Å²) in [5.74, 6) is -0.685. The molecule has 0 bridgehead atoms. The van der Waals surface area contributed by atoms with Gasteiger partial charge in [0.15, 0.2) is 0 Å². The van der Waals surface area contributed by atoms with E-state index in [-0.39, 0.29) is 6.61 Å². The summed E-state index contributed by atoms with van der Waals surface area (Å²) in [4.78, 5) is 11.2. The summed E-state index contributed by atoms with van der Waals surface area (Å²) in [5.41, 5.74) is -0.562. The van der Waals surface area contributed by atoms with Crippen molar-refractivity contribution in [1.82, 2.24) is 0 Å². The lowest BCUT2D eigenvalue weighted by molar-refractivity contribution is -0.152. The number of hydrogen-bond acceptors (Lipinski definition) is 3. The Hall–Kier alpha value is -0.610. The second-order valence-electron chi connectivity index (χ2n) is 4.23. The number of ether oxygens (including phenoxy) is 1. The molecule has 1 rings (SSSR count). The molecule has 0 saturated heterocycles. The van der Waals surface area contributed by atoms with E-state index in [4.69, 9.17) is 9.84 Å². The molecular formula is C11H20O4. The lowest BCUT2D eigenvalue weighted by atomic mass is 9.72. The average molecular weight is 216 g/mol. The Labute approximate surface area is 90.2 Å². The Morgan fingerprint density at radius 2 is 1.87 bits per heavy atom. The van der Waals surface area contributed by atoms with Crippen molar-refractivity contribution >= 4 is 5.97 Å². The highest BCUT2D eigenvalue weighted by molar-refractivity contribution is 5.74. The van der Waals surface area contributed by atoms with Gasteiger partial charge in [0.05, 0.1) is 18.6 Å². The summed E-state index contributed by atoms with van der Waals surface area (Å²) >= 11 is 0. The van der Waals surface area contributed by atoms with Gasteiger partial charge in [0, 0.05) is 6.61 Å². The van der Waals surface area contributed by atoms with E-state index in [9.17, 15) is 9.90 Å². The second-order valence-corrected chi connectivity index (χ2v) is 4.23. The van der Waals surface area contributed by atoms with Crippen LogP contribution in [-0.4, -0.2) is 36.0 Å². The van der Waals surface area contributed by atoms with E-state index in [1.807, 2.05) is 0 Å². The number of aliphatic carboxylic acids is 1. The van der Waals surface area contributed by atoms with Crippen molar-refractivity contribution in [3.8, 4) is 0 Å². The Kier molecular flexibility index (Phi) is 5.05. The van der Waals surface area contributed by atoms with E-state index in [1.165, 1.54) is 0 Å². The normalized spacial score (nSPS) is 20.1. The van der Waals surface area contributed by atoms with Crippen LogP contribution in [0.4, 0.5) is 0 Å². The Bertz CT molecular complexity index is 197. The van der Waals surface area contributed by atoms with E-state index in [0.29, 0.717) is 19.6 Å². The summed E-state index contributed by atoms with van der Waals surface area (Å²) < 4.78 is 5.15. The van der Waals surface area contributed by atoms with E-state index in [2.05, 4.69) is 0 Å². The van der Waals surface area contributed by atoms with Crippen LogP contribution in [0.5, 0.6) is 0 Å². The summed E-state index contributed by atoms with van der Waals surface area (Å²) in [6, 6.07) is 0. The molecule has 88 valence electrons. The number of aliphatic hydroxyl groups excluding tert-OH is 1. The molecule has 0 aromatic heterocycles. The predicted molar refractivity (Wildman–Crippen MR) is 55.7 cm³/mol. The van der Waals surface area contributed by atoms with Gasteiger partial charge in [-0.15, -0.1) is 0 Å². The van der Waals surface area contributed by atoms with Gasteiger partial charge < -0.3 is 14.9 Å². The minimum absolute atomic E-state index is 0.0000709. The van der Waals surface area contributed by atoms with Crippen LogP contribution in [0.1, 0.15) is 38.5 Å². The van der Waals surface area contributed by atoms with Crippen molar-refractivity contribution in [2.75, 3.05) is 19.8 Å². The fraction of sp³-hybridized carbons (Fsp3) is 0.909. The molecule has 0 atom stereocenters. The maximum Gasteiger partial charge on any atom is 0.309 e. The molecule has 0 aliphatic heterocycles. The number of aliphatic hydroxyl groups is 1. The first kappa shape index (κ1) is 12.5. The van der Waals surface area contributed by atoms with Crippen molar-refractivity contribution in [2.24, 2.45) is 5.41 Å². The van der Waals surface area contributed by atoms with Crippen LogP contribution in [-0.2, 0) is 9.53 Å². The molecule has 0 heterocycles. The Morgan fingerprint density at radius 1 is 1.20 bits per heavy atom. The fourth-order valence-corrected chi connectivity index (χ4v) is 2.23. The van der Waals surface area contributed by atoms with Gasteiger partial charge in [-0.05, 0) is 19.3 Å². The first-order valence-electron chi connectivity index (χ1n) is 5.63. The monoisotopic (exact) mass is 216 g/mol. The molecule has 15 heavy (non-hydrogen) atoms. The van der Waals surface area contributed by atoms with Crippen molar-refractivity contribution < 1.29 is 19.7 Å². The highest BCUT2D eigenvalue weighted by Gasteiger charge is 2.38. The lowest BCUT2D eigenvalue weighted by Crippen LogP contribution is -2.34. The van der Waals surface area contributed by atoms with E-state index in [1.54, 1.807) is 0 Å². The van der Waals surface area contributed by atoms with Gasteiger partial charge in [-0.2, -0.15) is 0 Å². The second kappa shape index (κ2) is 6.08. The minimum atomic E-state index is -0.685. The third-order valence-corrected chi connectivity index (χ3v) is 3.22. The van der Waals surface area contributed by atoms with Gasteiger partial charge in [-0.1, -0.05) is 19.3 Å². The molecule has 1 saturated carbocycles. The molecule has 4 nitrogen and oxygen atoms in total. The molecule has 0 aromatic carbocycles. The highest BCUT2D eigenvalue weighted by Crippen LogP contribution is 2.39. The first-order chi connectivity index (χ1) is 7.21. The minimum Gasteiger partial charge on any atom is -0.481 e. The largest absolute Gasteiger partial charge is 0.481 e. The SMILES string of the molecule is O=C(O)C1(CCOCCO)CCCCC1. The Morgan fingerprint density at radius 3 is 2.40 bits per heavy atom. The third kappa shape index (κ3) is 3.47. The number of carbonyl (C=O) groups is 1. The number of carboxylic acids is 1. The summed E-state index contributed by atoms with van der Waals surface area (Å²) in [5, 5.41) is 17.8. The van der Waals surface area contributed by atoms with Crippen molar-refractivity contribution in [1.29, 1.82) is 0 Å². The molecule has 1 aliphatic rings. The zero-order valence-corrected chi connectivity index (χ0v) is 9.07. The van der Waals surface area contributed by atoms with E-state index >= 15 is 0 Å². The zero-order valence-electron chi connectivity index (χ0n) is 9.07. The average Bonchev–Trinajstić information content (AvgIpc) is 2.26. The number of carboxylic acid groups (broad SMARTS) is 1. The number of hydrogen-bond donors (Lipinski definition) is 2. The summed E-state index contributed by atoms with van der Waals surface area (Å²) in [7, 11) is 0. The smallest absolute Gasteiger partial charge is 0.309 e. The molecule has 0 amide bonds. The van der Waals surface area contributed by atoms with E-state index < -0.39 is 11.4 Å². The molecule has 4 heteroatoms. The lowest BCUT2D eigenvalue weighted by Gasteiger charge is -2.32. The van der Waals surface area contributed by atoms with Gasteiger partial charge in [0.1, 0.15) is 0 Å². The van der Waals surface area contributed by atoms with Gasteiger partial charge in [0.2, 0.25) is 0 Å². The molecule has 2 N–H and O–H groups in total. The van der Waals surface area contributed by atoms with Crippen LogP contribution < -0.4 is 0 Å². The quantitative estimate of drug-likeness (QED) is 0.659. The van der Waals surface area contributed by atoms with E-state index in [0.717, 1.165) is 32.1 Å². The number of rotatable bonds is 6. The van der Waals surface area contributed by atoms with Crippen LogP contribution in [0.25, 0.3) is 0 Å². The van der Waals surface area contributed by atoms with Crippen LogP contribution in [0.3, 0.4) is 0 Å². The fourth-order valence-electron chi connectivity index (χ4n) is 2.23. The van der Waals surface area contributed by atoms with Crippen LogP contribution in [0.2, 0.25) is 0 Å².